The second-order valence-electron chi connectivity index (χ2n) is 11.0. The first-order valence-electron chi connectivity index (χ1n) is 14.6. The first-order chi connectivity index (χ1) is 21.9. The van der Waals surface area contributed by atoms with Crippen molar-refractivity contribution in [1.82, 2.24) is 4.98 Å². The first kappa shape index (κ1) is 30.2. The molecule has 0 aliphatic carbocycles. The van der Waals surface area contributed by atoms with Gasteiger partial charge in [-0.05, 0) is 48.7 Å². The fourth-order valence-corrected chi connectivity index (χ4v) is 5.78. The number of carbonyl (C=O) groups is 1. The second kappa shape index (κ2) is 13.4. The minimum atomic E-state index is -0.554. The van der Waals surface area contributed by atoms with Crippen molar-refractivity contribution in [1.29, 1.82) is 5.26 Å². The van der Waals surface area contributed by atoms with Crippen molar-refractivity contribution >= 4 is 45.5 Å². The Bertz CT molecular complexity index is 1810. The number of anilines is 3. The predicted octanol–water partition coefficient (Wildman–Crippen LogP) is 6.40. The van der Waals surface area contributed by atoms with Crippen molar-refractivity contribution < 1.29 is 23.4 Å². The number of benzene rings is 3. The number of nitriles is 1. The van der Waals surface area contributed by atoms with Crippen LogP contribution in [0.3, 0.4) is 0 Å². The highest BCUT2D eigenvalue weighted by atomic mass is 35.5. The van der Waals surface area contributed by atoms with Crippen LogP contribution in [0.5, 0.6) is 11.5 Å². The summed E-state index contributed by atoms with van der Waals surface area (Å²) in [5.41, 5.74) is 9.89. The van der Waals surface area contributed by atoms with Crippen LogP contribution >= 0.6 is 11.6 Å². The highest BCUT2D eigenvalue weighted by molar-refractivity contribution is 6.30. The lowest BCUT2D eigenvalue weighted by atomic mass is 10.0. The van der Waals surface area contributed by atoms with Crippen LogP contribution in [0.15, 0.2) is 72.4 Å². The van der Waals surface area contributed by atoms with Gasteiger partial charge in [0.25, 0.3) is 0 Å². The fraction of sp³-hybridized carbons (Fsp3) is 0.265. The van der Waals surface area contributed by atoms with Crippen molar-refractivity contribution in [2.45, 2.75) is 32.0 Å². The molecule has 3 heterocycles. The third kappa shape index (κ3) is 7.11. The van der Waals surface area contributed by atoms with Gasteiger partial charge in [-0.2, -0.15) is 5.26 Å². The van der Waals surface area contributed by atoms with Crippen LogP contribution < -0.4 is 25.4 Å². The van der Waals surface area contributed by atoms with Crippen LogP contribution in [-0.2, 0) is 16.1 Å². The maximum absolute atomic E-state index is 15.2. The molecule has 9 nitrogen and oxygen atoms in total. The highest BCUT2D eigenvalue weighted by Gasteiger charge is 2.25. The number of nitrogens with one attached hydrogen (secondary N) is 1. The normalized spacial score (nSPS) is 16.3. The van der Waals surface area contributed by atoms with Gasteiger partial charge >= 0.3 is 0 Å². The average molecular weight is 628 g/mol. The number of piperidine rings is 1. The van der Waals surface area contributed by atoms with Gasteiger partial charge in [-0.25, -0.2) is 4.39 Å². The van der Waals surface area contributed by atoms with E-state index in [2.05, 4.69) is 21.3 Å². The molecule has 2 fully saturated rings. The molecule has 0 bridgehead atoms. The summed E-state index contributed by atoms with van der Waals surface area (Å²) in [6, 6.07) is 17.8. The van der Waals surface area contributed by atoms with E-state index in [9.17, 15) is 10.1 Å². The molecule has 0 radical (unpaired) electrons. The summed E-state index contributed by atoms with van der Waals surface area (Å²) >= 11 is 6.05. The van der Waals surface area contributed by atoms with Gasteiger partial charge in [-0.3, -0.25) is 9.78 Å². The largest absolute Gasteiger partial charge is 0.486 e. The minimum Gasteiger partial charge on any atom is -0.486 e. The molecule has 11 heteroatoms. The van der Waals surface area contributed by atoms with Crippen LogP contribution in [0.1, 0.15) is 30.4 Å². The van der Waals surface area contributed by atoms with E-state index < -0.39 is 11.7 Å². The predicted molar refractivity (Wildman–Crippen MR) is 171 cm³/mol. The molecule has 6 rings (SSSR count). The van der Waals surface area contributed by atoms with Crippen LogP contribution in [0.4, 0.5) is 21.5 Å². The van der Waals surface area contributed by atoms with Crippen molar-refractivity contribution in [3.8, 4) is 17.6 Å². The zero-order valence-corrected chi connectivity index (χ0v) is 25.1. The number of amides is 1. The van der Waals surface area contributed by atoms with Gasteiger partial charge in [0.2, 0.25) is 5.91 Å². The van der Waals surface area contributed by atoms with E-state index in [1.54, 1.807) is 24.3 Å². The third-order valence-corrected chi connectivity index (χ3v) is 8.06. The Hall–Kier alpha value is -4.85. The van der Waals surface area contributed by atoms with E-state index in [-0.39, 0.29) is 18.5 Å². The summed E-state index contributed by atoms with van der Waals surface area (Å²) in [7, 11) is 0. The van der Waals surface area contributed by atoms with Gasteiger partial charge in [-0.1, -0.05) is 29.3 Å². The molecule has 1 unspecified atom stereocenters. The number of primary amides is 1. The maximum atomic E-state index is 15.2. The Morgan fingerprint density at radius 1 is 1.20 bits per heavy atom. The van der Waals surface area contributed by atoms with Crippen LogP contribution in [0.25, 0.3) is 10.9 Å². The number of fused-ring (bicyclic) bond motifs is 1. The number of rotatable bonds is 9. The highest BCUT2D eigenvalue weighted by Crippen LogP contribution is 2.40. The maximum Gasteiger partial charge on any atom is 0.241 e. The molecule has 2 saturated heterocycles. The topological polar surface area (TPSA) is 123 Å². The van der Waals surface area contributed by atoms with Gasteiger partial charge in [0.15, 0.2) is 11.6 Å². The smallest absolute Gasteiger partial charge is 0.241 e. The first-order valence-corrected chi connectivity index (χ1v) is 15.0. The molecule has 4 aromatic rings. The number of pyridine rings is 1. The number of halogens is 2. The lowest BCUT2D eigenvalue weighted by Gasteiger charge is -2.32. The summed E-state index contributed by atoms with van der Waals surface area (Å²) in [4.78, 5) is 18.2. The van der Waals surface area contributed by atoms with Gasteiger partial charge in [0.1, 0.15) is 24.5 Å². The Labute approximate surface area is 265 Å². The molecule has 0 spiro atoms. The minimum absolute atomic E-state index is 0.0881. The Balaban J connectivity index is 1.32. The Morgan fingerprint density at radius 3 is 2.76 bits per heavy atom. The van der Waals surface area contributed by atoms with Gasteiger partial charge in [0.05, 0.1) is 35.7 Å². The van der Waals surface area contributed by atoms with Gasteiger partial charge in [0, 0.05) is 60.0 Å². The number of hydrogen-bond acceptors (Lipinski definition) is 8. The quantitative estimate of drug-likeness (QED) is 0.204. The van der Waals surface area contributed by atoms with E-state index in [0.717, 1.165) is 23.2 Å². The fourth-order valence-electron chi connectivity index (χ4n) is 5.56. The zero-order chi connectivity index (χ0) is 31.3. The van der Waals surface area contributed by atoms with E-state index in [0.29, 0.717) is 77.8 Å². The SMILES string of the molecule is N#Cc1cnc2cc(OC3CCOC3)c(N3CCC(=CC(N)=O)CC3)cc2c1Nc1ccc(OCc2cccc(Cl)c2)c(F)c1. The molecular weight excluding hydrogens is 597 g/mol. The van der Waals surface area contributed by atoms with Crippen molar-refractivity contribution in [2.75, 3.05) is 36.5 Å². The van der Waals surface area contributed by atoms with E-state index >= 15 is 4.39 Å². The lowest BCUT2D eigenvalue weighted by Crippen LogP contribution is -2.32. The van der Waals surface area contributed by atoms with Crippen molar-refractivity contribution in [2.24, 2.45) is 5.73 Å². The molecule has 45 heavy (non-hydrogen) atoms. The lowest BCUT2D eigenvalue weighted by molar-refractivity contribution is -0.113. The summed E-state index contributed by atoms with van der Waals surface area (Å²) < 4.78 is 32.8. The van der Waals surface area contributed by atoms with Gasteiger partial charge < -0.3 is 30.2 Å². The number of nitrogens with two attached hydrogens (primary N) is 1. The molecule has 3 aromatic carbocycles. The van der Waals surface area contributed by atoms with Crippen molar-refractivity contribution in [3.05, 3.63) is 94.4 Å². The summed E-state index contributed by atoms with van der Waals surface area (Å²) in [5, 5.41) is 14.5. The Kier molecular flexibility index (Phi) is 9.01. The molecule has 0 saturated carbocycles. The van der Waals surface area contributed by atoms with Gasteiger partial charge in [-0.15, -0.1) is 0 Å². The average Bonchev–Trinajstić information content (AvgIpc) is 3.54. The monoisotopic (exact) mass is 627 g/mol. The molecule has 2 aliphatic heterocycles. The number of hydrogen-bond donors (Lipinski definition) is 2. The standard InChI is InChI=1S/C34H31ClFN5O4/c35-24-3-1-2-22(12-24)19-44-31-5-4-25(14-28(31)36)40-34-23(17-37)18-39-29-16-32(45-26-8-11-43-20-26)30(15-27(29)34)41-9-6-21(7-10-41)13-33(38)42/h1-5,12-16,18,26H,6-11,19-20H2,(H2,38,42)(H,39,40). The molecule has 230 valence electrons. The van der Waals surface area contributed by atoms with Crippen LogP contribution in [0, 0.1) is 17.1 Å². The number of aromatic nitrogens is 1. The molecule has 3 N–H and O–H groups in total. The number of nitrogens with zero attached hydrogens (tertiary/aromatic N) is 3. The summed E-state index contributed by atoms with van der Waals surface area (Å²) in [6.45, 7) is 2.60. The second-order valence-corrected chi connectivity index (χ2v) is 11.4. The van der Waals surface area contributed by atoms with E-state index in [1.165, 1.54) is 18.3 Å². The van der Waals surface area contributed by atoms with E-state index in [4.69, 9.17) is 31.5 Å². The zero-order valence-electron chi connectivity index (χ0n) is 24.4. The van der Waals surface area contributed by atoms with Crippen LogP contribution in [0.2, 0.25) is 5.02 Å². The van der Waals surface area contributed by atoms with Crippen LogP contribution in [-0.4, -0.2) is 43.3 Å². The van der Waals surface area contributed by atoms with Crippen molar-refractivity contribution in [3.63, 3.8) is 0 Å². The number of carbonyl (C=O) groups excluding carboxylic acids is 1. The molecule has 2 aliphatic rings. The summed E-state index contributed by atoms with van der Waals surface area (Å²) in [6.07, 6.45) is 5.05. The molecular formula is C34H31ClFN5O4. The molecule has 1 atom stereocenters. The summed E-state index contributed by atoms with van der Waals surface area (Å²) in [5.74, 6) is -0.245. The van der Waals surface area contributed by atoms with E-state index in [1.807, 2.05) is 24.3 Å². The molecule has 1 aromatic heterocycles. The molecule has 1 amide bonds. The third-order valence-electron chi connectivity index (χ3n) is 7.83. The Morgan fingerprint density at radius 2 is 2.04 bits per heavy atom. The number of ether oxygens (including phenoxy) is 3.